The minimum absolute atomic E-state index is 0.0568. The van der Waals surface area contributed by atoms with Crippen LogP contribution in [0, 0.1) is 0 Å². The van der Waals surface area contributed by atoms with Crippen LogP contribution in [0.2, 0.25) is 0 Å². The third-order valence-corrected chi connectivity index (χ3v) is 3.25. The van der Waals surface area contributed by atoms with Crippen molar-refractivity contribution in [2.45, 2.75) is 18.4 Å². The van der Waals surface area contributed by atoms with E-state index in [1.165, 1.54) is 0 Å². The van der Waals surface area contributed by atoms with Crippen LogP contribution in [0.15, 0.2) is 53.3 Å². The standard InChI is InChI=1S/C14H13NO2/c16-13-8-12(11-6-7-17-9-11)14(15-13)10-4-2-1-3-5-10/h1-7,9,12,14H,8H2,(H,15,16). The van der Waals surface area contributed by atoms with Gasteiger partial charge >= 0.3 is 0 Å². The van der Waals surface area contributed by atoms with Gasteiger partial charge in [0.25, 0.3) is 0 Å². The van der Waals surface area contributed by atoms with Crippen LogP contribution in [0.3, 0.4) is 0 Å². The molecular weight excluding hydrogens is 214 g/mol. The Labute approximate surface area is 99.4 Å². The first-order valence-corrected chi connectivity index (χ1v) is 5.71. The normalized spacial score (nSPS) is 23.6. The van der Waals surface area contributed by atoms with E-state index >= 15 is 0 Å². The fourth-order valence-electron chi connectivity index (χ4n) is 2.42. The number of hydrogen-bond donors (Lipinski definition) is 1. The average Bonchev–Trinajstić information content (AvgIpc) is 2.98. The zero-order valence-corrected chi connectivity index (χ0v) is 9.30. The van der Waals surface area contributed by atoms with E-state index < -0.39 is 0 Å². The number of nitrogens with one attached hydrogen (secondary N) is 1. The lowest BCUT2D eigenvalue weighted by atomic mass is 9.89. The Morgan fingerprint density at radius 3 is 2.65 bits per heavy atom. The van der Waals surface area contributed by atoms with Crippen LogP contribution in [0.1, 0.15) is 29.5 Å². The average molecular weight is 227 g/mol. The van der Waals surface area contributed by atoms with Gasteiger partial charge in [0.05, 0.1) is 18.6 Å². The number of hydrogen-bond acceptors (Lipinski definition) is 2. The summed E-state index contributed by atoms with van der Waals surface area (Å²) in [5.41, 5.74) is 2.22. The number of carbonyl (C=O) groups excluding carboxylic acids is 1. The molecule has 1 aliphatic rings. The number of benzene rings is 1. The molecule has 2 atom stereocenters. The largest absolute Gasteiger partial charge is 0.472 e. The Bertz CT molecular complexity index is 504. The van der Waals surface area contributed by atoms with Gasteiger partial charge in [0.2, 0.25) is 5.91 Å². The summed E-state index contributed by atoms with van der Waals surface area (Å²) in [5, 5.41) is 3.03. The monoisotopic (exact) mass is 227 g/mol. The summed E-state index contributed by atoms with van der Waals surface area (Å²) < 4.78 is 5.11. The fourth-order valence-corrected chi connectivity index (χ4v) is 2.42. The predicted octanol–water partition coefficient (Wildman–Crippen LogP) is 2.62. The van der Waals surface area contributed by atoms with E-state index in [0.717, 1.165) is 11.1 Å². The van der Waals surface area contributed by atoms with Crippen molar-refractivity contribution < 1.29 is 9.21 Å². The maximum atomic E-state index is 11.6. The van der Waals surface area contributed by atoms with Gasteiger partial charge in [0.1, 0.15) is 0 Å². The fraction of sp³-hybridized carbons (Fsp3) is 0.214. The van der Waals surface area contributed by atoms with Crippen LogP contribution in [0.5, 0.6) is 0 Å². The summed E-state index contributed by atoms with van der Waals surface area (Å²) in [7, 11) is 0. The molecule has 1 aliphatic heterocycles. The number of carbonyl (C=O) groups is 1. The highest BCUT2D eigenvalue weighted by Crippen LogP contribution is 2.38. The highest BCUT2D eigenvalue weighted by molar-refractivity contribution is 5.80. The van der Waals surface area contributed by atoms with E-state index in [9.17, 15) is 4.79 Å². The molecule has 17 heavy (non-hydrogen) atoms. The molecule has 1 saturated heterocycles. The van der Waals surface area contributed by atoms with Crippen LogP contribution in [0.4, 0.5) is 0 Å². The quantitative estimate of drug-likeness (QED) is 0.856. The molecule has 1 aromatic carbocycles. The van der Waals surface area contributed by atoms with Gasteiger partial charge in [0, 0.05) is 12.3 Å². The number of rotatable bonds is 2. The second kappa shape index (κ2) is 4.09. The topological polar surface area (TPSA) is 42.2 Å². The minimum atomic E-state index is 0.0568. The first kappa shape index (κ1) is 10.1. The molecule has 1 aromatic heterocycles. The zero-order valence-electron chi connectivity index (χ0n) is 9.30. The molecule has 3 rings (SSSR count). The molecule has 3 heteroatoms. The molecule has 0 spiro atoms. The van der Waals surface area contributed by atoms with E-state index in [2.05, 4.69) is 5.32 Å². The Kier molecular flexibility index (Phi) is 2.44. The van der Waals surface area contributed by atoms with Gasteiger partial charge in [-0.2, -0.15) is 0 Å². The Morgan fingerprint density at radius 2 is 1.94 bits per heavy atom. The van der Waals surface area contributed by atoms with Crippen molar-refractivity contribution in [2.75, 3.05) is 0 Å². The minimum Gasteiger partial charge on any atom is -0.472 e. The molecule has 2 heterocycles. The zero-order chi connectivity index (χ0) is 11.7. The van der Waals surface area contributed by atoms with E-state index in [1.54, 1.807) is 12.5 Å². The second-order valence-corrected chi connectivity index (χ2v) is 4.32. The molecule has 86 valence electrons. The Balaban J connectivity index is 1.95. The highest BCUT2D eigenvalue weighted by atomic mass is 16.3. The summed E-state index contributed by atoms with van der Waals surface area (Å²) >= 11 is 0. The summed E-state index contributed by atoms with van der Waals surface area (Å²) in [6.07, 6.45) is 3.90. The molecule has 0 bridgehead atoms. The molecule has 0 radical (unpaired) electrons. The van der Waals surface area contributed by atoms with Crippen molar-refractivity contribution in [3.05, 3.63) is 60.1 Å². The van der Waals surface area contributed by atoms with Crippen molar-refractivity contribution in [1.29, 1.82) is 0 Å². The van der Waals surface area contributed by atoms with Gasteiger partial charge in [0.15, 0.2) is 0 Å². The van der Waals surface area contributed by atoms with E-state index in [1.807, 2.05) is 36.4 Å². The van der Waals surface area contributed by atoms with Gasteiger partial charge in [-0.1, -0.05) is 30.3 Å². The SMILES string of the molecule is O=C1CC(c2ccoc2)C(c2ccccc2)N1. The summed E-state index contributed by atoms with van der Waals surface area (Å²) in [4.78, 5) is 11.6. The summed E-state index contributed by atoms with van der Waals surface area (Å²) in [5.74, 6) is 0.272. The summed E-state index contributed by atoms with van der Waals surface area (Å²) in [6.45, 7) is 0. The van der Waals surface area contributed by atoms with Crippen molar-refractivity contribution in [2.24, 2.45) is 0 Å². The molecule has 3 nitrogen and oxygen atoms in total. The lowest BCUT2D eigenvalue weighted by molar-refractivity contribution is -0.119. The van der Waals surface area contributed by atoms with Crippen LogP contribution in [0.25, 0.3) is 0 Å². The van der Waals surface area contributed by atoms with Gasteiger partial charge in [-0.05, 0) is 17.2 Å². The van der Waals surface area contributed by atoms with E-state index in [0.29, 0.717) is 6.42 Å². The maximum absolute atomic E-state index is 11.6. The first-order valence-electron chi connectivity index (χ1n) is 5.71. The molecular formula is C14H13NO2. The molecule has 1 amide bonds. The van der Waals surface area contributed by atoms with Crippen molar-refractivity contribution in [3.8, 4) is 0 Å². The third-order valence-electron chi connectivity index (χ3n) is 3.25. The predicted molar refractivity (Wildman–Crippen MR) is 63.4 cm³/mol. The molecule has 2 unspecified atom stereocenters. The lowest BCUT2D eigenvalue weighted by Gasteiger charge is -2.17. The molecule has 2 aromatic rings. The first-order chi connectivity index (χ1) is 8.34. The van der Waals surface area contributed by atoms with Crippen molar-refractivity contribution >= 4 is 5.91 Å². The molecule has 0 aliphatic carbocycles. The maximum Gasteiger partial charge on any atom is 0.221 e. The van der Waals surface area contributed by atoms with E-state index in [-0.39, 0.29) is 17.9 Å². The molecule has 1 fully saturated rings. The van der Waals surface area contributed by atoms with Gasteiger partial charge in [-0.25, -0.2) is 0 Å². The van der Waals surface area contributed by atoms with Crippen LogP contribution in [-0.2, 0) is 4.79 Å². The number of amides is 1. The third kappa shape index (κ3) is 1.84. The van der Waals surface area contributed by atoms with E-state index in [4.69, 9.17) is 4.42 Å². The second-order valence-electron chi connectivity index (χ2n) is 4.32. The highest BCUT2D eigenvalue weighted by Gasteiger charge is 2.34. The van der Waals surface area contributed by atoms with Crippen molar-refractivity contribution in [3.63, 3.8) is 0 Å². The van der Waals surface area contributed by atoms with Crippen LogP contribution in [-0.4, -0.2) is 5.91 Å². The van der Waals surface area contributed by atoms with Gasteiger partial charge < -0.3 is 9.73 Å². The smallest absolute Gasteiger partial charge is 0.221 e. The van der Waals surface area contributed by atoms with Crippen molar-refractivity contribution in [1.82, 2.24) is 5.32 Å². The van der Waals surface area contributed by atoms with Crippen LogP contribution >= 0.6 is 0 Å². The van der Waals surface area contributed by atoms with Crippen LogP contribution < -0.4 is 5.32 Å². The molecule has 1 N–H and O–H groups in total. The molecule has 0 saturated carbocycles. The Hall–Kier alpha value is -2.03. The number of furan rings is 1. The van der Waals surface area contributed by atoms with Gasteiger partial charge in [-0.3, -0.25) is 4.79 Å². The van der Waals surface area contributed by atoms with Gasteiger partial charge in [-0.15, -0.1) is 0 Å². The Morgan fingerprint density at radius 1 is 1.12 bits per heavy atom. The lowest BCUT2D eigenvalue weighted by Crippen LogP contribution is -2.20. The summed E-state index contributed by atoms with van der Waals surface area (Å²) in [6, 6.07) is 12.0.